The topological polar surface area (TPSA) is 47.6 Å². The monoisotopic (exact) mass is 257 g/mol. The van der Waals surface area contributed by atoms with Gasteiger partial charge in [0, 0.05) is 13.2 Å². The minimum Gasteiger partial charge on any atom is -0.444 e. The van der Waals surface area contributed by atoms with Gasteiger partial charge in [0.05, 0.1) is 6.10 Å². The number of rotatable bonds is 2. The van der Waals surface area contributed by atoms with Gasteiger partial charge in [0.25, 0.3) is 0 Å². The van der Waals surface area contributed by atoms with Crippen molar-refractivity contribution in [2.75, 3.05) is 7.11 Å². The molecule has 0 spiro atoms. The van der Waals surface area contributed by atoms with Gasteiger partial charge in [0.1, 0.15) is 5.60 Å². The maximum Gasteiger partial charge on any atom is 0.407 e. The first-order valence-corrected chi connectivity index (χ1v) is 6.64. The Kier molecular flexibility index (Phi) is 4.65. The normalized spacial score (nSPS) is 27.7. The third-order valence-corrected chi connectivity index (χ3v) is 3.18. The minimum absolute atomic E-state index is 0.133. The molecule has 1 fully saturated rings. The molecule has 4 heteroatoms. The Morgan fingerprint density at radius 2 is 1.89 bits per heavy atom. The highest BCUT2D eigenvalue weighted by Gasteiger charge is 2.35. The lowest BCUT2D eigenvalue weighted by molar-refractivity contribution is 0.00570. The van der Waals surface area contributed by atoms with Crippen LogP contribution in [0.2, 0.25) is 0 Å². The van der Waals surface area contributed by atoms with E-state index in [0.717, 1.165) is 19.3 Å². The van der Waals surface area contributed by atoms with Crippen LogP contribution in [0.5, 0.6) is 0 Å². The molecule has 2 atom stereocenters. The van der Waals surface area contributed by atoms with E-state index < -0.39 is 5.60 Å². The molecular weight excluding hydrogens is 230 g/mol. The lowest BCUT2D eigenvalue weighted by Gasteiger charge is -2.39. The van der Waals surface area contributed by atoms with Crippen LogP contribution in [0.25, 0.3) is 0 Å². The third-order valence-electron chi connectivity index (χ3n) is 3.18. The quantitative estimate of drug-likeness (QED) is 0.827. The van der Waals surface area contributed by atoms with Gasteiger partial charge in [-0.25, -0.2) is 4.79 Å². The molecule has 0 heterocycles. The van der Waals surface area contributed by atoms with Crippen LogP contribution >= 0.6 is 0 Å². The van der Waals surface area contributed by atoms with Crippen LogP contribution in [0.1, 0.15) is 53.9 Å². The molecule has 18 heavy (non-hydrogen) atoms. The molecule has 0 aromatic heterocycles. The zero-order valence-electron chi connectivity index (χ0n) is 12.5. The van der Waals surface area contributed by atoms with Crippen molar-refractivity contribution in [3.63, 3.8) is 0 Å². The average Bonchev–Trinajstić information content (AvgIpc) is 2.11. The highest BCUT2D eigenvalue weighted by atomic mass is 16.6. The summed E-state index contributed by atoms with van der Waals surface area (Å²) in [5, 5.41) is 2.95. The van der Waals surface area contributed by atoms with Crippen molar-refractivity contribution in [3.05, 3.63) is 0 Å². The second-order valence-corrected chi connectivity index (χ2v) is 7.01. The van der Waals surface area contributed by atoms with Crippen LogP contribution in [0, 0.1) is 5.41 Å². The first kappa shape index (κ1) is 15.3. The van der Waals surface area contributed by atoms with Gasteiger partial charge < -0.3 is 14.8 Å². The molecule has 1 saturated carbocycles. The predicted octanol–water partition coefficient (Wildman–Crippen LogP) is 3.10. The number of nitrogens with one attached hydrogen (secondary N) is 1. The standard InChI is InChI=1S/C14H27NO3/c1-13(2,3)18-12(16)15-10-7-11(17-6)9-14(4,5)8-10/h10-11H,7-9H2,1-6H3,(H,15,16). The Hall–Kier alpha value is -0.770. The van der Waals surface area contributed by atoms with Gasteiger partial charge in [-0.3, -0.25) is 0 Å². The van der Waals surface area contributed by atoms with Crippen molar-refractivity contribution in [2.45, 2.75) is 71.6 Å². The summed E-state index contributed by atoms with van der Waals surface area (Å²) in [6.07, 6.45) is 2.75. The molecule has 0 aliphatic heterocycles. The zero-order valence-corrected chi connectivity index (χ0v) is 12.5. The fourth-order valence-electron chi connectivity index (χ4n) is 2.61. The Morgan fingerprint density at radius 1 is 1.28 bits per heavy atom. The van der Waals surface area contributed by atoms with Crippen LogP contribution in [-0.4, -0.2) is 30.9 Å². The molecule has 1 aliphatic rings. The Labute approximate surface area is 110 Å². The van der Waals surface area contributed by atoms with E-state index in [1.807, 2.05) is 20.8 Å². The highest BCUT2D eigenvalue weighted by molar-refractivity contribution is 5.68. The summed E-state index contributed by atoms with van der Waals surface area (Å²) in [5.41, 5.74) is -0.256. The van der Waals surface area contributed by atoms with Gasteiger partial charge in [0.2, 0.25) is 0 Å². The summed E-state index contributed by atoms with van der Waals surface area (Å²) in [6, 6.07) is 0.133. The lowest BCUT2D eigenvalue weighted by Crippen LogP contribution is -2.46. The predicted molar refractivity (Wildman–Crippen MR) is 71.6 cm³/mol. The van der Waals surface area contributed by atoms with Crippen LogP contribution in [0.15, 0.2) is 0 Å². The van der Waals surface area contributed by atoms with Crippen molar-refractivity contribution in [1.82, 2.24) is 5.32 Å². The minimum atomic E-state index is -0.449. The van der Waals surface area contributed by atoms with Gasteiger partial charge in [-0.1, -0.05) is 13.8 Å². The van der Waals surface area contributed by atoms with Gasteiger partial charge in [0.15, 0.2) is 0 Å². The number of amides is 1. The van der Waals surface area contributed by atoms with Crippen LogP contribution in [0.3, 0.4) is 0 Å². The summed E-state index contributed by atoms with van der Waals surface area (Å²) in [4.78, 5) is 11.8. The second kappa shape index (κ2) is 5.47. The lowest BCUT2D eigenvalue weighted by atomic mass is 9.74. The summed E-state index contributed by atoms with van der Waals surface area (Å²) in [6.45, 7) is 10.0. The number of carbonyl (C=O) groups is 1. The molecule has 0 aromatic carbocycles. The molecule has 1 aliphatic carbocycles. The van der Waals surface area contributed by atoms with Crippen molar-refractivity contribution in [2.24, 2.45) is 5.41 Å². The molecule has 0 bridgehead atoms. The van der Waals surface area contributed by atoms with Crippen LogP contribution in [-0.2, 0) is 9.47 Å². The Morgan fingerprint density at radius 3 is 2.39 bits per heavy atom. The molecule has 1 rings (SSSR count). The van der Waals surface area contributed by atoms with Gasteiger partial charge in [-0.2, -0.15) is 0 Å². The first-order valence-electron chi connectivity index (χ1n) is 6.64. The van der Waals surface area contributed by atoms with Crippen molar-refractivity contribution in [1.29, 1.82) is 0 Å². The van der Waals surface area contributed by atoms with Gasteiger partial charge in [-0.15, -0.1) is 0 Å². The molecule has 2 unspecified atom stereocenters. The number of alkyl carbamates (subject to hydrolysis) is 1. The maximum absolute atomic E-state index is 11.8. The number of hydrogen-bond acceptors (Lipinski definition) is 3. The molecule has 106 valence electrons. The molecule has 1 amide bonds. The molecule has 1 N–H and O–H groups in total. The molecule has 0 saturated heterocycles. The van der Waals surface area contributed by atoms with E-state index in [1.54, 1.807) is 7.11 Å². The number of hydrogen-bond donors (Lipinski definition) is 1. The second-order valence-electron chi connectivity index (χ2n) is 7.01. The van der Waals surface area contributed by atoms with Crippen molar-refractivity contribution >= 4 is 6.09 Å². The van der Waals surface area contributed by atoms with E-state index in [4.69, 9.17) is 9.47 Å². The largest absolute Gasteiger partial charge is 0.444 e. The van der Waals surface area contributed by atoms with E-state index >= 15 is 0 Å². The van der Waals surface area contributed by atoms with E-state index in [2.05, 4.69) is 19.2 Å². The van der Waals surface area contributed by atoms with E-state index in [0.29, 0.717) is 0 Å². The molecular formula is C14H27NO3. The fourth-order valence-corrected chi connectivity index (χ4v) is 2.61. The van der Waals surface area contributed by atoms with Gasteiger partial charge in [-0.05, 0) is 45.4 Å². The van der Waals surface area contributed by atoms with E-state index in [9.17, 15) is 4.79 Å². The highest BCUT2D eigenvalue weighted by Crippen LogP contribution is 2.36. The smallest absolute Gasteiger partial charge is 0.407 e. The van der Waals surface area contributed by atoms with Gasteiger partial charge >= 0.3 is 6.09 Å². The van der Waals surface area contributed by atoms with E-state index in [-0.39, 0.29) is 23.7 Å². The van der Waals surface area contributed by atoms with Crippen LogP contribution in [0.4, 0.5) is 4.79 Å². The fraction of sp³-hybridized carbons (Fsp3) is 0.929. The zero-order chi connectivity index (χ0) is 14.0. The summed E-state index contributed by atoms with van der Waals surface area (Å²) < 4.78 is 10.7. The number of carbonyl (C=O) groups excluding carboxylic acids is 1. The number of ether oxygens (including phenoxy) is 2. The maximum atomic E-state index is 11.8. The third kappa shape index (κ3) is 5.25. The van der Waals surface area contributed by atoms with Crippen molar-refractivity contribution in [3.8, 4) is 0 Å². The molecule has 0 aromatic rings. The number of methoxy groups -OCH3 is 1. The first-order chi connectivity index (χ1) is 8.11. The Bertz CT molecular complexity index is 294. The molecule has 4 nitrogen and oxygen atoms in total. The Balaban J connectivity index is 2.53. The summed E-state index contributed by atoms with van der Waals surface area (Å²) >= 11 is 0. The summed E-state index contributed by atoms with van der Waals surface area (Å²) in [5.74, 6) is 0. The SMILES string of the molecule is COC1CC(NC(=O)OC(C)(C)C)CC(C)(C)C1. The van der Waals surface area contributed by atoms with E-state index in [1.165, 1.54) is 0 Å². The summed E-state index contributed by atoms with van der Waals surface area (Å²) in [7, 11) is 1.73. The van der Waals surface area contributed by atoms with Crippen molar-refractivity contribution < 1.29 is 14.3 Å². The average molecular weight is 257 g/mol. The molecule has 0 radical (unpaired) electrons. The van der Waals surface area contributed by atoms with Crippen LogP contribution < -0.4 is 5.32 Å².